The first kappa shape index (κ1) is 21.9. The van der Waals surface area contributed by atoms with E-state index in [0.29, 0.717) is 17.4 Å². The molecule has 3 rings (SSSR count). The van der Waals surface area contributed by atoms with Crippen LogP contribution in [0.4, 0.5) is 5.82 Å². The topological polar surface area (TPSA) is 112 Å². The molecule has 0 spiro atoms. The number of allylic oxidation sites excluding steroid dienone is 4. The largest absolute Gasteiger partial charge is 0.379 e. The summed E-state index contributed by atoms with van der Waals surface area (Å²) in [4.78, 5) is 16.1. The zero-order valence-electron chi connectivity index (χ0n) is 17.3. The second-order valence-corrected chi connectivity index (χ2v) is 6.49. The van der Waals surface area contributed by atoms with Crippen molar-refractivity contribution in [3.05, 3.63) is 48.6 Å². The summed E-state index contributed by atoms with van der Waals surface area (Å²) in [5.74, 6) is 1.14. The lowest BCUT2D eigenvalue weighted by Crippen LogP contribution is -2.23. The van der Waals surface area contributed by atoms with Crippen LogP contribution in [0, 0.1) is 5.92 Å². The van der Waals surface area contributed by atoms with Gasteiger partial charge in [0.05, 0.1) is 11.0 Å². The number of hydrogen-bond donors (Lipinski definition) is 2. The zero-order valence-corrected chi connectivity index (χ0v) is 17.3. The van der Waals surface area contributed by atoms with Crippen LogP contribution in [0.1, 0.15) is 27.2 Å². The quantitative estimate of drug-likeness (QED) is 0.616. The molecule has 1 amide bonds. The van der Waals surface area contributed by atoms with Crippen molar-refractivity contribution in [3.63, 3.8) is 0 Å². The van der Waals surface area contributed by atoms with E-state index >= 15 is 0 Å². The SMILES string of the molecule is C/C=C\CC(C)/C=C/C.CNC(=O)Cn1c(-c2nonc2N)nc2ccccc21. The summed E-state index contributed by atoms with van der Waals surface area (Å²) >= 11 is 0. The van der Waals surface area contributed by atoms with E-state index in [-0.39, 0.29) is 18.3 Å². The summed E-state index contributed by atoms with van der Waals surface area (Å²) in [5, 5.41) is 9.87. The molecule has 0 saturated heterocycles. The van der Waals surface area contributed by atoms with Gasteiger partial charge in [-0.15, -0.1) is 0 Å². The van der Waals surface area contributed by atoms with E-state index in [2.05, 4.69) is 70.3 Å². The number of benzene rings is 1. The third-order valence-electron chi connectivity index (χ3n) is 4.23. The van der Waals surface area contributed by atoms with E-state index in [0.717, 1.165) is 11.0 Å². The Morgan fingerprint density at radius 1 is 1.28 bits per heavy atom. The number of nitrogen functional groups attached to an aromatic ring is 1. The molecule has 1 unspecified atom stereocenters. The Bertz CT molecular complexity index is 986. The molecule has 0 aliphatic carbocycles. The Morgan fingerprint density at radius 2 is 2.03 bits per heavy atom. The van der Waals surface area contributed by atoms with Gasteiger partial charge in [0.25, 0.3) is 0 Å². The molecule has 0 radical (unpaired) electrons. The summed E-state index contributed by atoms with van der Waals surface area (Å²) < 4.78 is 6.33. The fraction of sp³-hybridized carbons (Fsp3) is 0.333. The van der Waals surface area contributed by atoms with Crippen molar-refractivity contribution in [2.45, 2.75) is 33.7 Å². The number of likely N-dealkylation sites (N-methyl/N-ethyl adjacent to an activating group) is 1. The van der Waals surface area contributed by atoms with Gasteiger partial charge in [-0.2, -0.15) is 0 Å². The normalized spacial score (nSPS) is 12.3. The first-order chi connectivity index (χ1) is 14.0. The van der Waals surface area contributed by atoms with Crippen LogP contribution in [-0.4, -0.2) is 32.8 Å². The molecule has 8 heteroatoms. The minimum Gasteiger partial charge on any atom is -0.379 e. The Balaban J connectivity index is 0.000000284. The highest BCUT2D eigenvalue weighted by Crippen LogP contribution is 2.26. The number of carbonyl (C=O) groups is 1. The minimum atomic E-state index is -0.149. The van der Waals surface area contributed by atoms with Crippen LogP contribution in [0.2, 0.25) is 0 Å². The minimum absolute atomic E-state index is 0.110. The molecule has 1 atom stereocenters. The van der Waals surface area contributed by atoms with E-state index in [1.807, 2.05) is 24.3 Å². The highest BCUT2D eigenvalue weighted by Gasteiger charge is 2.20. The molecule has 2 heterocycles. The molecule has 154 valence electrons. The molecular weight excluding hydrogens is 368 g/mol. The summed E-state index contributed by atoms with van der Waals surface area (Å²) in [5.41, 5.74) is 7.59. The molecule has 8 nitrogen and oxygen atoms in total. The number of nitrogens with one attached hydrogen (secondary N) is 1. The second kappa shape index (κ2) is 10.8. The highest BCUT2D eigenvalue weighted by molar-refractivity contribution is 5.85. The van der Waals surface area contributed by atoms with Crippen molar-refractivity contribution in [1.82, 2.24) is 25.2 Å². The Morgan fingerprint density at radius 3 is 2.66 bits per heavy atom. The number of rotatable bonds is 6. The Hall–Kier alpha value is -3.42. The van der Waals surface area contributed by atoms with Crippen LogP contribution in [0.5, 0.6) is 0 Å². The number of imidazole rings is 1. The fourth-order valence-corrected chi connectivity index (χ4v) is 2.75. The average Bonchev–Trinajstić information content (AvgIpc) is 3.30. The molecule has 29 heavy (non-hydrogen) atoms. The number of nitrogens with zero attached hydrogens (tertiary/aromatic N) is 4. The molecule has 0 aliphatic heterocycles. The highest BCUT2D eigenvalue weighted by atomic mass is 16.6. The van der Waals surface area contributed by atoms with Crippen LogP contribution in [0.25, 0.3) is 22.6 Å². The lowest BCUT2D eigenvalue weighted by atomic mass is 10.1. The summed E-state index contributed by atoms with van der Waals surface area (Å²) in [6.45, 7) is 6.45. The van der Waals surface area contributed by atoms with Gasteiger partial charge < -0.3 is 15.6 Å². The van der Waals surface area contributed by atoms with Gasteiger partial charge in [0.2, 0.25) is 5.91 Å². The molecule has 0 fully saturated rings. The van der Waals surface area contributed by atoms with Gasteiger partial charge in [-0.1, -0.05) is 43.4 Å². The van der Waals surface area contributed by atoms with E-state index in [9.17, 15) is 4.79 Å². The summed E-state index contributed by atoms with van der Waals surface area (Å²) in [6.07, 6.45) is 9.79. The second-order valence-electron chi connectivity index (χ2n) is 6.49. The van der Waals surface area contributed by atoms with Crippen molar-refractivity contribution >= 4 is 22.8 Å². The number of aromatic nitrogens is 4. The Labute approximate surface area is 170 Å². The zero-order chi connectivity index (χ0) is 21.2. The monoisotopic (exact) mass is 396 g/mol. The van der Waals surface area contributed by atoms with Gasteiger partial charge in [0.1, 0.15) is 6.54 Å². The van der Waals surface area contributed by atoms with E-state index in [1.54, 1.807) is 11.6 Å². The van der Waals surface area contributed by atoms with Crippen molar-refractivity contribution in [1.29, 1.82) is 0 Å². The molecule has 1 aromatic carbocycles. The average molecular weight is 396 g/mol. The molecule has 0 bridgehead atoms. The molecule has 2 aromatic heterocycles. The number of nitrogens with two attached hydrogens (primary N) is 1. The van der Waals surface area contributed by atoms with Crippen LogP contribution in [0.3, 0.4) is 0 Å². The van der Waals surface area contributed by atoms with E-state index in [4.69, 9.17) is 5.73 Å². The fourth-order valence-electron chi connectivity index (χ4n) is 2.75. The van der Waals surface area contributed by atoms with Gasteiger partial charge >= 0.3 is 0 Å². The number of fused-ring (bicyclic) bond motifs is 1. The number of para-hydroxylation sites is 2. The Kier molecular flexibility index (Phi) is 8.14. The van der Waals surface area contributed by atoms with Crippen molar-refractivity contribution in [2.24, 2.45) is 5.92 Å². The number of amides is 1. The third-order valence-corrected chi connectivity index (χ3v) is 4.23. The van der Waals surface area contributed by atoms with Gasteiger partial charge in [0.15, 0.2) is 17.3 Å². The van der Waals surface area contributed by atoms with Crippen LogP contribution in [-0.2, 0) is 11.3 Å². The van der Waals surface area contributed by atoms with Crippen molar-refractivity contribution in [2.75, 3.05) is 12.8 Å². The maximum absolute atomic E-state index is 11.7. The summed E-state index contributed by atoms with van der Waals surface area (Å²) in [6, 6.07) is 7.47. The predicted octanol–water partition coefficient (Wildman–Crippen LogP) is 3.58. The maximum atomic E-state index is 11.7. The molecule has 0 aliphatic rings. The summed E-state index contributed by atoms with van der Waals surface area (Å²) in [7, 11) is 1.58. The van der Waals surface area contributed by atoms with Crippen molar-refractivity contribution < 1.29 is 9.42 Å². The maximum Gasteiger partial charge on any atom is 0.239 e. The van der Waals surface area contributed by atoms with E-state index in [1.165, 1.54) is 6.42 Å². The van der Waals surface area contributed by atoms with Crippen LogP contribution in [0.15, 0.2) is 53.2 Å². The van der Waals surface area contributed by atoms with E-state index < -0.39 is 0 Å². The van der Waals surface area contributed by atoms with Gasteiger partial charge in [-0.05, 0) is 48.6 Å². The smallest absolute Gasteiger partial charge is 0.239 e. The van der Waals surface area contributed by atoms with Crippen LogP contribution >= 0.6 is 0 Å². The molecule has 0 saturated carbocycles. The lowest BCUT2D eigenvalue weighted by molar-refractivity contribution is -0.121. The van der Waals surface area contributed by atoms with Gasteiger partial charge in [-0.25, -0.2) is 9.61 Å². The van der Waals surface area contributed by atoms with Gasteiger partial charge in [-0.3, -0.25) is 4.79 Å². The number of hydrogen-bond acceptors (Lipinski definition) is 6. The molecular formula is C21H28N6O2. The first-order valence-corrected chi connectivity index (χ1v) is 9.50. The number of anilines is 1. The van der Waals surface area contributed by atoms with Crippen LogP contribution < -0.4 is 11.1 Å². The first-order valence-electron chi connectivity index (χ1n) is 9.50. The lowest BCUT2D eigenvalue weighted by Gasteiger charge is -2.06. The molecule has 3 aromatic rings. The predicted molar refractivity (Wildman–Crippen MR) is 115 cm³/mol. The standard InChI is InChI=1S/C12H12N6O2.C9H16/c1-14-9(19)6-18-8-5-3-2-4-7(8)15-12(18)10-11(13)17-20-16-10;1-4-6-8-9(3)7-5-2/h2-5H,6H2,1H3,(H2,13,17)(H,14,19);4-7,9H,8H2,1-3H3/b;6-4-,7-5+. The van der Waals surface area contributed by atoms with Gasteiger partial charge in [0, 0.05) is 7.05 Å². The van der Waals surface area contributed by atoms with Crippen molar-refractivity contribution in [3.8, 4) is 11.5 Å². The molecule has 3 N–H and O–H groups in total. The number of carbonyl (C=O) groups excluding carboxylic acids is 1. The third kappa shape index (κ3) is 5.78.